The fourth-order valence-corrected chi connectivity index (χ4v) is 10.1. The third-order valence-corrected chi connectivity index (χ3v) is 11.2. The monoisotopic (exact) mass is 708 g/mol. The molecule has 0 radical (unpaired) electrons. The van der Waals surface area contributed by atoms with Crippen LogP contribution in [-0.2, 0) is 36.6 Å². The Morgan fingerprint density at radius 2 is 1.47 bits per heavy atom. The van der Waals surface area contributed by atoms with E-state index in [-0.39, 0.29) is 54.0 Å². The quantitative estimate of drug-likeness (QED) is 0.146. The summed E-state index contributed by atoms with van der Waals surface area (Å²) in [4.78, 5) is 38.1. The molecular weight excluding hydrogens is 656 g/mol. The Morgan fingerprint density at radius 3 is 2.12 bits per heavy atom. The molecule has 5 aliphatic rings. The zero-order valence-corrected chi connectivity index (χ0v) is 30.4. The maximum absolute atomic E-state index is 12.8. The Kier molecular flexibility index (Phi) is 10.6. The molecule has 4 saturated carbocycles. The Bertz CT molecular complexity index is 1590. The van der Waals surface area contributed by atoms with Crippen molar-refractivity contribution in [1.29, 1.82) is 0 Å². The molecule has 5 atom stereocenters. The summed E-state index contributed by atoms with van der Waals surface area (Å²) in [6.07, 6.45) is 7.14. The topological polar surface area (TPSA) is 154 Å². The Hall–Kier alpha value is -4.19. The number of hydrogen-bond donors (Lipinski definition) is 2. The molecule has 3 N–H and O–H groups in total. The first-order valence-corrected chi connectivity index (χ1v) is 17.9. The predicted molar refractivity (Wildman–Crippen MR) is 187 cm³/mol. The molecular formula is C39H52N2O10. The number of hydrogen-bond acceptors (Lipinski definition) is 11. The van der Waals surface area contributed by atoms with Crippen LogP contribution in [0.4, 0.5) is 4.79 Å². The van der Waals surface area contributed by atoms with Crippen LogP contribution in [0.5, 0.6) is 23.0 Å². The van der Waals surface area contributed by atoms with E-state index in [1.54, 1.807) is 20.3 Å². The molecule has 1 saturated heterocycles. The highest BCUT2D eigenvalue weighted by atomic mass is 16.6. The van der Waals surface area contributed by atoms with Crippen molar-refractivity contribution in [2.45, 2.75) is 76.8 Å². The zero-order valence-electron chi connectivity index (χ0n) is 30.4. The van der Waals surface area contributed by atoms with Crippen molar-refractivity contribution in [3.8, 4) is 23.0 Å². The lowest BCUT2D eigenvalue weighted by Crippen LogP contribution is -2.65. The van der Waals surface area contributed by atoms with Gasteiger partial charge in [-0.25, -0.2) is 4.79 Å². The van der Waals surface area contributed by atoms with Gasteiger partial charge in [0.25, 0.3) is 0 Å². The van der Waals surface area contributed by atoms with E-state index >= 15 is 0 Å². The third kappa shape index (κ3) is 8.32. The summed E-state index contributed by atoms with van der Waals surface area (Å²) in [5, 5.41) is 3.16. The number of alkyl carbamates (subject to hydrolysis) is 1. The number of nitrogens with two attached hydrogens (primary N) is 1. The summed E-state index contributed by atoms with van der Waals surface area (Å²) in [6.45, 7) is 4.74. The summed E-state index contributed by atoms with van der Waals surface area (Å²) < 4.78 is 38.3. The van der Waals surface area contributed by atoms with Crippen molar-refractivity contribution in [2.75, 3.05) is 47.8 Å². The standard InChI is InChI=1S/C39H52N2O10/c1-37-16-26-17-38(2,21-37)23-39(18-26,22-37)41-36(44)51-20-29(40)35(43)49-11-10-48-31-9-7-25(15-33(31)47-5)13-28-27(19-50-34(28)42)12-24-6-8-30(45-3)32(14-24)46-4/h6-9,14-15,26-29H,10-13,16-23,40H2,1-5H3,(H,41,44)/t26?,27-,28+,29?,37?,38?,39?/m0/s1. The average Bonchev–Trinajstić information content (AvgIpc) is 3.41. The molecule has 278 valence electrons. The number of rotatable bonds is 15. The van der Waals surface area contributed by atoms with Gasteiger partial charge >= 0.3 is 18.0 Å². The summed E-state index contributed by atoms with van der Waals surface area (Å²) in [7, 11) is 4.72. The lowest BCUT2D eigenvalue weighted by Gasteiger charge is -2.65. The van der Waals surface area contributed by atoms with E-state index in [4.69, 9.17) is 38.9 Å². The van der Waals surface area contributed by atoms with Gasteiger partial charge in [-0.15, -0.1) is 0 Å². The SMILES string of the molecule is COc1ccc(C[C@H]2COC(=O)[C@@H]2Cc2ccc(OCCOC(=O)C(N)COC(=O)NC34CC5CC(C)(CC(C)(C5)C3)C4)c(OC)c2)cc1OC. The minimum atomic E-state index is -1.12. The molecule has 4 aliphatic carbocycles. The lowest BCUT2D eigenvalue weighted by atomic mass is 9.43. The summed E-state index contributed by atoms with van der Waals surface area (Å²) in [5.41, 5.74) is 8.17. The molecule has 7 rings (SSSR count). The molecule has 2 aromatic carbocycles. The van der Waals surface area contributed by atoms with Gasteiger partial charge < -0.3 is 44.2 Å². The fourth-order valence-electron chi connectivity index (χ4n) is 10.1. The van der Waals surface area contributed by atoms with Crippen molar-refractivity contribution < 1.29 is 47.5 Å². The van der Waals surface area contributed by atoms with Crippen molar-refractivity contribution in [3.05, 3.63) is 47.5 Å². The molecule has 0 aromatic heterocycles. The molecule has 5 fully saturated rings. The van der Waals surface area contributed by atoms with Gasteiger partial charge in [0.05, 0.1) is 33.9 Å². The van der Waals surface area contributed by atoms with Gasteiger partial charge in [-0.1, -0.05) is 26.0 Å². The highest BCUT2D eigenvalue weighted by Crippen LogP contribution is 2.66. The molecule has 1 heterocycles. The second kappa shape index (κ2) is 14.8. The van der Waals surface area contributed by atoms with Crippen molar-refractivity contribution in [1.82, 2.24) is 5.32 Å². The normalized spacial score (nSPS) is 29.5. The second-order valence-electron chi connectivity index (χ2n) is 15.8. The highest BCUT2D eigenvalue weighted by Gasteiger charge is 2.60. The van der Waals surface area contributed by atoms with Gasteiger partial charge in [-0.2, -0.15) is 0 Å². The molecule has 12 heteroatoms. The van der Waals surface area contributed by atoms with Gasteiger partial charge in [0.2, 0.25) is 0 Å². The largest absolute Gasteiger partial charge is 0.493 e. The second-order valence-corrected chi connectivity index (χ2v) is 15.8. The van der Waals surface area contributed by atoms with E-state index in [1.165, 1.54) is 26.4 Å². The predicted octanol–water partition coefficient (Wildman–Crippen LogP) is 5.01. The number of ether oxygens (including phenoxy) is 7. The minimum Gasteiger partial charge on any atom is -0.493 e. The number of amides is 1. The summed E-state index contributed by atoms with van der Waals surface area (Å²) >= 11 is 0. The van der Waals surface area contributed by atoms with Crippen LogP contribution >= 0.6 is 0 Å². The van der Waals surface area contributed by atoms with Crippen LogP contribution in [0.15, 0.2) is 36.4 Å². The van der Waals surface area contributed by atoms with Crippen molar-refractivity contribution in [3.63, 3.8) is 0 Å². The zero-order chi connectivity index (χ0) is 36.4. The van der Waals surface area contributed by atoms with Gasteiger partial charge in [-0.3, -0.25) is 9.59 Å². The number of carbonyl (C=O) groups is 3. The number of nitrogens with one attached hydrogen (secondary N) is 1. The Morgan fingerprint density at radius 1 is 0.843 bits per heavy atom. The van der Waals surface area contributed by atoms with E-state index in [0.29, 0.717) is 48.4 Å². The van der Waals surface area contributed by atoms with E-state index in [2.05, 4.69) is 19.2 Å². The van der Waals surface area contributed by atoms with E-state index in [1.807, 2.05) is 30.3 Å². The maximum atomic E-state index is 12.8. The molecule has 12 nitrogen and oxygen atoms in total. The first-order chi connectivity index (χ1) is 24.3. The van der Waals surface area contributed by atoms with Crippen LogP contribution in [0.3, 0.4) is 0 Å². The number of methoxy groups -OCH3 is 3. The van der Waals surface area contributed by atoms with E-state index in [9.17, 15) is 14.4 Å². The van der Waals surface area contributed by atoms with Gasteiger partial charge in [0.15, 0.2) is 23.0 Å². The number of benzene rings is 2. The number of cyclic esters (lactones) is 1. The molecule has 1 aliphatic heterocycles. The first kappa shape index (κ1) is 36.6. The van der Waals surface area contributed by atoms with Crippen LogP contribution in [0.25, 0.3) is 0 Å². The number of carbonyl (C=O) groups excluding carboxylic acids is 3. The molecule has 0 spiro atoms. The molecule has 4 bridgehead atoms. The minimum absolute atomic E-state index is 0.00713. The van der Waals surface area contributed by atoms with Gasteiger partial charge in [-0.05, 0) is 104 Å². The summed E-state index contributed by atoms with van der Waals surface area (Å²) in [5.74, 6) is 1.62. The van der Waals surface area contributed by atoms with Crippen LogP contribution in [0, 0.1) is 28.6 Å². The summed E-state index contributed by atoms with van der Waals surface area (Å²) in [6, 6.07) is 10.1. The van der Waals surface area contributed by atoms with Gasteiger partial charge in [0.1, 0.15) is 25.9 Å². The van der Waals surface area contributed by atoms with Gasteiger partial charge in [0, 0.05) is 11.5 Å². The third-order valence-electron chi connectivity index (χ3n) is 11.2. The molecule has 3 unspecified atom stereocenters. The Labute approximate surface area is 299 Å². The van der Waals surface area contributed by atoms with Crippen LogP contribution in [0.2, 0.25) is 0 Å². The van der Waals surface area contributed by atoms with Crippen LogP contribution in [-0.4, -0.2) is 77.4 Å². The number of esters is 2. The van der Waals surface area contributed by atoms with E-state index in [0.717, 1.165) is 30.4 Å². The van der Waals surface area contributed by atoms with Crippen LogP contribution in [0.1, 0.15) is 63.5 Å². The van der Waals surface area contributed by atoms with E-state index < -0.39 is 18.1 Å². The smallest absolute Gasteiger partial charge is 0.407 e. The Balaban J connectivity index is 0.939. The molecule has 2 aromatic rings. The van der Waals surface area contributed by atoms with Crippen LogP contribution < -0.4 is 30.0 Å². The lowest BCUT2D eigenvalue weighted by molar-refractivity contribution is -0.147. The molecule has 51 heavy (non-hydrogen) atoms. The van der Waals surface area contributed by atoms with Crippen molar-refractivity contribution in [2.24, 2.45) is 34.3 Å². The molecule has 1 amide bonds. The maximum Gasteiger partial charge on any atom is 0.407 e. The average molecular weight is 709 g/mol. The van der Waals surface area contributed by atoms with Crippen molar-refractivity contribution >= 4 is 18.0 Å². The fraction of sp³-hybridized carbons (Fsp3) is 0.615. The highest BCUT2D eigenvalue weighted by molar-refractivity contribution is 5.76. The first-order valence-electron chi connectivity index (χ1n) is 17.9.